The Bertz CT molecular complexity index is 1040. The zero-order chi connectivity index (χ0) is 22.3. The molecule has 0 aliphatic heterocycles. The van der Waals surface area contributed by atoms with Gasteiger partial charge in [0.25, 0.3) is 0 Å². The number of thioether (sulfide) groups is 1. The lowest BCUT2D eigenvalue weighted by Gasteiger charge is -2.13. The molecule has 1 heterocycles. The molecule has 2 aromatic carbocycles. The van der Waals surface area contributed by atoms with Crippen molar-refractivity contribution in [3.05, 3.63) is 54.1 Å². The summed E-state index contributed by atoms with van der Waals surface area (Å²) in [4.78, 5) is 12.5. The first kappa shape index (κ1) is 22.4. The molecular formula is C25H30N4O2S. The molecule has 6 nitrogen and oxygen atoms in total. The van der Waals surface area contributed by atoms with Crippen LogP contribution in [0.25, 0.3) is 11.4 Å². The van der Waals surface area contributed by atoms with Gasteiger partial charge in [-0.15, -0.1) is 10.2 Å². The molecule has 1 N–H and O–H groups in total. The van der Waals surface area contributed by atoms with E-state index in [1.807, 2.05) is 53.1 Å². The molecule has 168 valence electrons. The van der Waals surface area contributed by atoms with E-state index in [2.05, 4.69) is 29.4 Å². The maximum absolute atomic E-state index is 12.5. The highest BCUT2D eigenvalue weighted by Gasteiger charge is 2.18. The number of ether oxygens (including phenoxy) is 1. The predicted molar refractivity (Wildman–Crippen MR) is 129 cm³/mol. The summed E-state index contributed by atoms with van der Waals surface area (Å²) in [6.45, 7) is 4.87. The van der Waals surface area contributed by atoms with E-state index in [-0.39, 0.29) is 11.7 Å². The number of hydrogen-bond donors (Lipinski definition) is 1. The van der Waals surface area contributed by atoms with Crippen molar-refractivity contribution in [2.45, 2.75) is 63.8 Å². The van der Waals surface area contributed by atoms with Crippen molar-refractivity contribution in [3.63, 3.8) is 0 Å². The number of anilines is 1. The van der Waals surface area contributed by atoms with Crippen LogP contribution in [0.2, 0.25) is 0 Å². The lowest BCUT2D eigenvalue weighted by molar-refractivity contribution is -0.113. The zero-order valence-electron chi connectivity index (χ0n) is 18.7. The first-order valence-corrected chi connectivity index (χ1v) is 12.4. The van der Waals surface area contributed by atoms with Gasteiger partial charge < -0.3 is 14.6 Å². The van der Waals surface area contributed by atoms with Crippen LogP contribution in [0, 0.1) is 0 Å². The third-order valence-electron chi connectivity index (χ3n) is 5.76. The van der Waals surface area contributed by atoms with E-state index >= 15 is 0 Å². The summed E-state index contributed by atoms with van der Waals surface area (Å²) in [5, 5.41) is 12.5. The Morgan fingerprint density at radius 2 is 1.84 bits per heavy atom. The Labute approximate surface area is 193 Å². The van der Waals surface area contributed by atoms with Crippen LogP contribution in [0.15, 0.2) is 53.7 Å². The van der Waals surface area contributed by atoms with Gasteiger partial charge in [0, 0.05) is 17.8 Å². The van der Waals surface area contributed by atoms with Gasteiger partial charge in [-0.3, -0.25) is 4.79 Å². The molecule has 0 unspecified atom stereocenters. The average molecular weight is 451 g/mol. The maximum atomic E-state index is 12.5. The van der Waals surface area contributed by atoms with Gasteiger partial charge in [0.1, 0.15) is 5.75 Å². The van der Waals surface area contributed by atoms with Crippen molar-refractivity contribution in [2.75, 3.05) is 11.1 Å². The maximum Gasteiger partial charge on any atom is 0.234 e. The fourth-order valence-electron chi connectivity index (χ4n) is 4.04. The number of nitrogens with one attached hydrogen (secondary N) is 1. The first-order chi connectivity index (χ1) is 15.7. The smallest absolute Gasteiger partial charge is 0.234 e. The van der Waals surface area contributed by atoms with Crippen molar-refractivity contribution in [3.8, 4) is 17.1 Å². The van der Waals surface area contributed by atoms with Gasteiger partial charge in [0.2, 0.25) is 5.91 Å². The highest BCUT2D eigenvalue weighted by Crippen LogP contribution is 2.28. The van der Waals surface area contributed by atoms with Gasteiger partial charge in [-0.2, -0.15) is 0 Å². The number of rotatable bonds is 9. The van der Waals surface area contributed by atoms with Crippen molar-refractivity contribution < 1.29 is 9.53 Å². The minimum atomic E-state index is -0.0449. The molecule has 1 amide bonds. The van der Waals surface area contributed by atoms with Crippen LogP contribution in [-0.4, -0.2) is 32.5 Å². The summed E-state index contributed by atoms with van der Waals surface area (Å²) < 4.78 is 8.11. The van der Waals surface area contributed by atoms with Crippen LogP contribution >= 0.6 is 11.8 Å². The van der Waals surface area contributed by atoms with Crippen LogP contribution in [0.5, 0.6) is 5.75 Å². The van der Waals surface area contributed by atoms with Gasteiger partial charge in [0.05, 0.1) is 11.9 Å². The molecule has 0 radical (unpaired) electrons. The second kappa shape index (κ2) is 10.7. The second-order valence-electron chi connectivity index (χ2n) is 7.95. The fourth-order valence-corrected chi connectivity index (χ4v) is 4.84. The number of carbonyl (C=O) groups excluding carboxylic acids is 1. The van der Waals surface area contributed by atoms with E-state index in [1.54, 1.807) is 0 Å². The van der Waals surface area contributed by atoms with Crippen LogP contribution in [0.1, 0.15) is 45.1 Å². The summed E-state index contributed by atoms with van der Waals surface area (Å²) in [7, 11) is 0. The number of carbonyl (C=O) groups is 1. The summed E-state index contributed by atoms with van der Waals surface area (Å²) in [6, 6.07) is 16.0. The topological polar surface area (TPSA) is 69.0 Å². The molecule has 1 fully saturated rings. The quantitative estimate of drug-likeness (QED) is 0.431. The van der Waals surface area contributed by atoms with E-state index < -0.39 is 0 Å². The Morgan fingerprint density at radius 3 is 2.56 bits per heavy atom. The number of benzene rings is 2. The highest BCUT2D eigenvalue weighted by atomic mass is 32.2. The molecule has 0 bridgehead atoms. The molecule has 1 aliphatic rings. The lowest BCUT2D eigenvalue weighted by atomic mass is 10.1. The number of para-hydroxylation sites is 1. The van der Waals surface area contributed by atoms with E-state index in [0.29, 0.717) is 6.10 Å². The van der Waals surface area contributed by atoms with Gasteiger partial charge >= 0.3 is 0 Å². The molecule has 1 saturated carbocycles. The number of aromatic nitrogens is 3. The molecular weight excluding hydrogens is 420 g/mol. The van der Waals surface area contributed by atoms with Gasteiger partial charge in [0.15, 0.2) is 11.0 Å². The largest absolute Gasteiger partial charge is 0.490 e. The summed E-state index contributed by atoms with van der Waals surface area (Å²) in [5.74, 6) is 1.95. The average Bonchev–Trinajstić information content (AvgIpc) is 3.48. The van der Waals surface area contributed by atoms with Gasteiger partial charge in [-0.1, -0.05) is 36.9 Å². The first-order valence-electron chi connectivity index (χ1n) is 11.4. The summed E-state index contributed by atoms with van der Waals surface area (Å²) >= 11 is 1.41. The number of amides is 1. The predicted octanol–water partition coefficient (Wildman–Crippen LogP) is 5.58. The van der Waals surface area contributed by atoms with Gasteiger partial charge in [-0.25, -0.2) is 0 Å². The lowest BCUT2D eigenvalue weighted by Crippen LogP contribution is -2.15. The van der Waals surface area contributed by atoms with Crippen LogP contribution in [-0.2, 0) is 17.8 Å². The third-order valence-corrected chi connectivity index (χ3v) is 6.72. The SMILES string of the molecule is CCc1ccccc1NC(=O)CSc1nnc(-c2ccc(OC3CCCC3)cc2)n1CC. The van der Waals surface area contributed by atoms with Gasteiger partial charge in [-0.05, 0) is 74.9 Å². The standard InChI is InChI=1S/C25H30N4O2S/c1-3-18-9-5-8-12-22(18)26-23(30)17-32-25-28-27-24(29(25)4-2)19-13-15-21(16-14-19)31-20-10-6-7-11-20/h5,8-9,12-16,20H,3-4,6-7,10-11,17H2,1-2H3,(H,26,30). The number of aryl methyl sites for hydroxylation is 1. The van der Waals surface area contributed by atoms with Crippen LogP contribution in [0.3, 0.4) is 0 Å². The van der Waals surface area contributed by atoms with Crippen molar-refractivity contribution in [1.29, 1.82) is 0 Å². The van der Waals surface area contributed by atoms with Crippen LogP contribution in [0.4, 0.5) is 5.69 Å². The van der Waals surface area contributed by atoms with Crippen molar-refractivity contribution >= 4 is 23.4 Å². The summed E-state index contributed by atoms with van der Waals surface area (Å²) in [6.07, 6.45) is 6.02. The Balaban J connectivity index is 1.39. The monoisotopic (exact) mass is 450 g/mol. The van der Waals surface area contributed by atoms with Crippen LogP contribution < -0.4 is 10.1 Å². The molecule has 0 atom stereocenters. The molecule has 32 heavy (non-hydrogen) atoms. The minimum Gasteiger partial charge on any atom is -0.490 e. The Hall–Kier alpha value is -2.80. The van der Waals surface area contributed by atoms with E-state index in [0.717, 1.165) is 59.4 Å². The van der Waals surface area contributed by atoms with E-state index in [9.17, 15) is 4.79 Å². The molecule has 7 heteroatoms. The minimum absolute atomic E-state index is 0.0449. The third kappa shape index (κ3) is 5.33. The fraction of sp³-hybridized carbons (Fsp3) is 0.400. The van der Waals surface area contributed by atoms with E-state index in [1.165, 1.54) is 24.6 Å². The highest BCUT2D eigenvalue weighted by molar-refractivity contribution is 7.99. The molecule has 1 aromatic heterocycles. The molecule has 4 rings (SSSR count). The Morgan fingerprint density at radius 1 is 1.09 bits per heavy atom. The van der Waals surface area contributed by atoms with E-state index in [4.69, 9.17) is 4.74 Å². The zero-order valence-corrected chi connectivity index (χ0v) is 19.5. The molecule has 1 aliphatic carbocycles. The number of hydrogen-bond acceptors (Lipinski definition) is 5. The molecule has 0 spiro atoms. The second-order valence-corrected chi connectivity index (χ2v) is 8.89. The van der Waals surface area contributed by atoms with Crippen molar-refractivity contribution in [2.24, 2.45) is 0 Å². The normalized spacial score (nSPS) is 13.9. The Kier molecular flexibility index (Phi) is 7.47. The molecule has 3 aromatic rings. The van der Waals surface area contributed by atoms with Crippen molar-refractivity contribution in [1.82, 2.24) is 14.8 Å². The summed E-state index contributed by atoms with van der Waals surface area (Å²) in [5.41, 5.74) is 3.00. The molecule has 0 saturated heterocycles. The number of nitrogens with zero attached hydrogens (tertiary/aromatic N) is 3.